The lowest BCUT2D eigenvalue weighted by Crippen LogP contribution is -2.41. The largest absolute Gasteiger partial charge is 0.449 e. The van der Waals surface area contributed by atoms with Gasteiger partial charge in [-0.15, -0.1) is 0 Å². The second-order valence-corrected chi connectivity index (χ2v) is 5.41. The maximum absolute atomic E-state index is 11.4. The monoisotopic (exact) mass is 281 g/mol. The highest BCUT2D eigenvalue weighted by Gasteiger charge is 2.15. The van der Waals surface area contributed by atoms with Crippen LogP contribution in [-0.4, -0.2) is 23.2 Å². The Kier molecular flexibility index (Phi) is 4.90. The molecule has 0 atom stereocenters. The Labute approximate surface area is 117 Å². The zero-order valence-electron chi connectivity index (χ0n) is 11.8. The number of anilines is 1. The number of nitrogens with zero attached hydrogens (tertiary/aromatic N) is 1. The molecular formula is C13H19N3O4. The van der Waals surface area contributed by atoms with Crippen molar-refractivity contribution in [3.05, 3.63) is 33.9 Å². The number of benzene rings is 1. The van der Waals surface area contributed by atoms with Crippen LogP contribution in [0.1, 0.15) is 26.3 Å². The molecule has 1 rings (SSSR count). The number of nitro groups is 1. The molecule has 0 fully saturated rings. The van der Waals surface area contributed by atoms with E-state index in [1.807, 2.05) is 20.8 Å². The lowest BCUT2D eigenvalue weighted by Gasteiger charge is -2.19. The molecular weight excluding hydrogens is 262 g/mol. The zero-order chi connectivity index (χ0) is 15.3. The predicted octanol–water partition coefficient (Wildman–Crippen LogP) is 2.24. The van der Waals surface area contributed by atoms with E-state index in [1.54, 1.807) is 6.07 Å². The fourth-order valence-corrected chi connectivity index (χ4v) is 1.51. The average Bonchev–Trinajstić information content (AvgIpc) is 2.28. The molecule has 0 aromatic heterocycles. The van der Waals surface area contributed by atoms with Gasteiger partial charge in [0.05, 0.1) is 11.5 Å². The third-order valence-corrected chi connectivity index (χ3v) is 2.39. The van der Waals surface area contributed by atoms with Crippen LogP contribution < -0.4 is 11.1 Å². The van der Waals surface area contributed by atoms with Gasteiger partial charge in [-0.2, -0.15) is 0 Å². The van der Waals surface area contributed by atoms with Crippen molar-refractivity contribution in [2.24, 2.45) is 0 Å². The van der Waals surface area contributed by atoms with Crippen molar-refractivity contribution in [2.75, 3.05) is 12.3 Å². The Bertz CT molecular complexity index is 509. The lowest BCUT2D eigenvalue weighted by atomic mass is 10.1. The molecule has 0 aliphatic carbocycles. The first-order valence-corrected chi connectivity index (χ1v) is 6.17. The van der Waals surface area contributed by atoms with Gasteiger partial charge in [-0.25, -0.2) is 4.79 Å². The highest BCUT2D eigenvalue weighted by molar-refractivity contribution is 5.68. The molecule has 0 bridgehead atoms. The summed E-state index contributed by atoms with van der Waals surface area (Å²) in [6, 6.07) is 4.54. The summed E-state index contributed by atoms with van der Waals surface area (Å²) in [7, 11) is 0. The van der Waals surface area contributed by atoms with Gasteiger partial charge in [0.1, 0.15) is 5.69 Å². The van der Waals surface area contributed by atoms with E-state index in [0.717, 1.165) is 0 Å². The second-order valence-electron chi connectivity index (χ2n) is 5.41. The summed E-state index contributed by atoms with van der Waals surface area (Å²) in [4.78, 5) is 21.6. The lowest BCUT2D eigenvalue weighted by molar-refractivity contribution is -0.384. The summed E-state index contributed by atoms with van der Waals surface area (Å²) in [6.07, 6.45) is -0.124. The average molecular weight is 281 g/mol. The van der Waals surface area contributed by atoms with Crippen molar-refractivity contribution in [3.8, 4) is 0 Å². The van der Waals surface area contributed by atoms with E-state index < -0.39 is 11.0 Å². The molecule has 0 saturated heterocycles. The number of alkyl carbamates (subject to hydrolysis) is 1. The molecule has 1 amide bonds. The summed E-state index contributed by atoms with van der Waals surface area (Å²) in [6.45, 7) is 5.68. The highest BCUT2D eigenvalue weighted by atomic mass is 16.6. The third-order valence-electron chi connectivity index (χ3n) is 2.39. The van der Waals surface area contributed by atoms with Gasteiger partial charge in [0.15, 0.2) is 0 Å². The number of nitro benzene ring substituents is 1. The Hall–Kier alpha value is -2.31. The van der Waals surface area contributed by atoms with Gasteiger partial charge >= 0.3 is 6.09 Å². The minimum absolute atomic E-state index is 0.116. The van der Waals surface area contributed by atoms with Crippen molar-refractivity contribution in [1.82, 2.24) is 5.32 Å². The number of ether oxygens (including phenoxy) is 1. The SMILES string of the molecule is CC(C)(C)NC(=O)OCCc1ccc(N)c([N+](=O)[O-])c1. The minimum Gasteiger partial charge on any atom is -0.449 e. The number of nitrogens with two attached hydrogens (primary N) is 1. The molecule has 0 spiro atoms. The van der Waals surface area contributed by atoms with Crippen LogP contribution in [0.15, 0.2) is 18.2 Å². The first-order valence-electron chi connectivity index (χ1n) is 6.17. The maximum Gasteiger partial charge on any atom is 0.407 e. The molecule has 0 saturated carbocycles. The summed E-state index contributed by atoms with van der Waals surface area (Å²) >= 11 is 0. The van der Waals surface area contributed by atoms with Crippen LogP contribution in [-0.2, 0) is 11.2 Å². The van der Waals surface area contributed by atoms with Gasteiger partial charge in [-0.05, 0) is 32.4 Å². The Balaban J connectivity index is 2.53. The summed E-state index contributed by atoms with van der Waals surface area (Å²) in [5.74, 6) is 0. The summed E-state index contributed by atoms with van der Waals surface area (Å²) < 4.78 is 5.00. The third kappa shape index (κ3) is 5.13. The van der Waals surface area contributed by atoms with E-state index in [4.69, 9.17) is 10.5 Å². The molecule has 0 radical (unpaired) electrons. The molecule has 0 heterocycles. The van der Waals surface area contributed by atoms with E-state index in [2.05, 4.69) is 5.32 Å². The smallest absolute Gasteiger partial charge is 0.407 e. The highest BCUT2D eigenvalue weighted by Crippen LogP contribution is 2.22. The molecule has 20 heavy (non-hydrogen) atoms. The van der Waals surface area contributed by atoms with Crippen molar-refractivity contribution in [2.45, 2.75) is 32.7 Å². The van der Waals surface area contributed by atoms with E-state index in [0.29, 0.717) is 12.0 Å². The molecule has 1 aromatic carbocycles. The predicted molar refractivity (Wildman–Crippen MR) is 75.4 cm³/mol. The van der Waals surface area contributed by atoms with Crippen LogP contribution in [0.2, 0.25) is 0 Å². The molecule has 110 valence electrons. The van der Waals surface area contributed by atoms with Crippen LogP contribution >= 0.6 is 0 Å². The Morgan fingerprint density at radius 1 is 1.45 bits per heavy atom. The Morgan fingerprint density at radius 3 is 2.65 bits per heavy atom. The number of amides is 1. The molecule has 0 aliphatic heterocycles. The van der Waals surface area contributed by atoms with Gasteiger partial charge in [0, 0.05) is 18.0 Å². The van der Waals surface area contributed by atoms with Crippen LogP contribution in [0.3, 0.4) is 0 Å². The van der Waals surface area contributed by atoms with Gasteiger partial charge in [0.2, 0.25) is 0 Å². The number of rotatable bonds is 4. The van der Waals surface area contributed by atoms with Crippen LogP contribution in [0.25, 0.3) is 0 Å². The topological polar surface area (TPSA) is 107 Å². The van der Waals surface area contributed by atoms with Gasteiger partial charge < -0.3 is 15.8 Å². The normalized spacial score (nSPS) is 10.9. The number of nitrogen functional groups attached to an aromatic ring is 1. The van der Waals surface area contributed by atoms with Crippen molar-refractivity contribution < 1.29 is 14.5 Å². The van der Waals surface area contributed by atoms with Gasteiger partial charge in [-0.1, -0.05) is 6.07 Å². The number of hydrogen-bond acceptors (Lipinski definition) is 5. The molecule has 3 N–H and O–H groups in total. The van der Waals surface area contributed by atoms with Crippen LogP contribution in [0, 0.1) is 10.1 Å². The first kappa shape index (κ1) is 15.7. The number of nitrogens with one attached hydrogen (secondary N) is 1. The van der Waals surface area contributed by atoms with Crippen molar-refractivity contribution in [3.63, 3.8) is 0 Å². The van der Waals surface area contributed by atoms with Gasteiger partial charge in [0.25, 0.3) is 5.69 Å². The van der Waals surface area contributed by atoms with Crippen LogP contribution in [0.5, 0.6) is 0 Å². The number of hydrogen-bond donors (Lipinski definition) is 2. The minimum atomic E-state index is -0.536. The zero-order valence-corrected chi connectivity index (χ0v) is 11.8. The standard InChI is InChI=1S/C13H19N3O4/c1-13(2,3)15-12(17)20-7-6-9-4-5-10(14)11(8-9)16(18)19/h4-5,8H,6-7,14H2,1-3H3,(H,15,17). The quantitative estimate of drug-likeness (QED) is 0.500. The molecule has 0 aliphatic rings. The fourth-order valence-electron chi connectivity index (χ4n) is 1.51. The molecule has 7 nitrogen and oxygen atoms in total. The van der Waals surface area contributed by atoms with Crippen molar-refractivity contribution in [1.29, 1.82) is 0 Å². The number of carbonyl (C=O) groups is 1. The second kappa shape index (κ2) is 6.23. The first-order chi connectivity index (χ1) is 9.19. The fraction of sp³-hybridized carbons (Fsp3) is 0.462. The number of carbonyl (C=O) groups excluding carboxylic acids is 1. The maximum atomic E-state index is 11.4. The molecule has 7 heteroatoms. The molecule has 1 aromatic rings. The van der Waals surface area contributed by atoms with E-state index in [9.17, 15) is 14.9 Å². The Morgan fingerprint density at radius 2 is 2.10 bits per heavy atom. The van der Waals surface area contributed by atoms with Crippen molar-refractivity contribution >= 4 is 17.5 Å². The summed E-state index contributed by atoms with van der Waals surface area (Å²) in [5, 5.41) is 13.4. The summed E-state index contributed by atoms with van der Waals surface area (Å²) in [5.41, 5.74) is 5.80. The van der Waals surface area contributed by atoms with Crippen LogP contribution in [0.4, 0.5) is 16.2 Å². The molecule has 0 unspecified atom stereocenters. The van der Waals surface area contributed by atoms with E-state index in [-0.39, 0.29) is 23.5 Å². The van der Waals surface area contributed by atoms with E-state index in [1.165, 1.54) is 12.1 Å². The van der Waals surface area contributed by atoms with E-state index >= 15 is 0 Å². The van der Waals surface area contributed by atoms with Gasteiger partial charge in [-0.3, -0.25) is 10.1 Å².